The Labute approximate surface area is 191 Å². The van der Waals surface area contributed by atoms with Gasteiger partial charge in [0, 0.05) is 28.8 Å². The smallest absolute Gasteiger partial charge is 0.230 e. The number of ether oxygens (including phenoxy) is 2. The van der Waals surface area contributed by atoms with Crippen LogP contribution in [0.25, 0.3) is 0 Å². The molecule has 0 saturated carbocycles. The van der Waals surface area contributed by atoms with Crippen molar-refractivity contribution < 1.29 is 14.3 Å². The van der Waals surface area contributed by atoms with Crippen LogP contribution in [0.4, 0.5) is 5.69 Å². The van der Waals surface area contributed by atoms with Gasteiger partial charge in [0.05, 0.1) is 37.4 Å². The van der Waals surface area contributed by atoms with Crippen molar-refractivity contribution in [2.24, 2.45) is 5.73 Å². The van der Waals surface area contributed by atoms with E-state index < -0.39 is 0 Å². The number of anilines is 1. The number of nitrogens with one attached hydrogen (secondary N) is 1. The van der Waals surface area contributed by atoms with Gasteiger partial charge in [-0.15, -0.1) is 11.8 Å². The number of hydrogen-bond donors (Lipinski definition) is 3. The van der Waals surface area contributed by atoms with Crippen molar-refractivity contribution in [1.82, 2.24) is 5.32 Å². The molecule has 1 atom stereocenters. The molecule has 0 aromatic heterocycles. The summed E-state index contributed by atoms with van der Waals surface area (Å²) in [4.78, 5) is 12.3. The maximum Gasteiger partial charge on any atom is 0.230 e. The zero-order valence-electron chi connectivity index (χ0n) is 16.6. The van der Waals surface area contributed by atoms with E-state index in [4.69, 9.17) is 44.1 Å². The van der Waals surface area contributed by atoms with Gasteiger partial charge in [-0.05, 0) is 35.4 Å². The Balaban J connectivity index is 1.90. The lowest BCUT2D eigenvalue weighted by Gasteiger charge is -2.21. The number of rotatable bonds is 13. The van der Waals surface area contributed by atoms with Crippen LogP contribution in [0.1, 0.15) is 16.4 Å². The van der Waals surface area contributed by atoms with E-state index in [1.807, 2.05) is 30.3 Å². The molecule has 0 aliphatic rings. The second-order valence-corrected chi connectivity index (χ2v) is 8.29. The molecule has 1 amide bonds. The average Bonchev–Trinajstić information content (AvgIpc) is 2.73. The molecule has 0 heterocycles. The second kappa shape index (κ2) is 13.7. The molecule has 0 radical (unpaired) electrons. The number of carbonyl (C=O) groups excluding carboxylic acids is 1. The largest absolute Gasteiger partial charge is 0.398 e. The minimum Gasteiger partial charge on any atom is -0.398 e. The standard InChI is InChI=1S/C21H27Cl2N3O3S/c22-15-5-6-19(25)17(13-15)21(16-3-1-2-4-18(16)23)30-14-20(27)26-8-10-29-12-11-28-9-7-24/h1-6,13,21H,7-12,14,24-25H2,(H,26,27). The van der Waals surface area contributed by atoms with E-state index in [0.29, 0.717) is 55.2 Å². The third kappa shape index (κ3) is 8.34. The van der Waals surface area contributed by atoms with Crippen LogP contribution in [0.3, 0.4) is 0 Å². The van der Waals surface area contributed by atoms with E-state index in [2.05, 4.69) is 5.32 Å². The molecule has 1 unspecified atom stereocenters. The highest BCUT2D eigenvalue weighted by molar-refractivity contribution is 8.00. The summed E-state index contributed by atoms with van der Waals surface area (Å²) in [6, 6.07) is 12.8. The summed E-state index contributed by atoms with van der Waals surface area (Å²) in [6.07, 6.45) is 0. The van der Waals surface area contributed by atoms with Crippen LogP contribution in [0.2, 0.25) is 10.0 Å². The first-order chi connectivity index (χ1) is 14.5. The highest BCUT2D eigenvalue weighted by atomic mass is 35.5. The van der Waals surface area contributed by atoms with Gasteiger partial charge in [0.1, 0.15) is 0 Å². The van der Waals surface area contributed by atoms with Crippen molar-refractivity contribution in [1.29, 1.82) is 0 Å². The number of nitrogens with two attached hydrogens (primary N) is 2. The normalized spacial score (nSPS) is 12.0. The summed E-state index contributed by atoms with van der Waals surface area (Å²) < 4.78 is 10.6. The van der Waals surface area contributed by atoms with Gasteiger partial charge in [-0.25, -0.2) is 0 Å². The lowest BCUT2D eigenvalue weighted by atomic mass is 10.0. The molecule has 2 aromatic carbocycles. The molecule has 164 valence electrons. The van der Waals surface area contributed by atoms with Gasteiger partial charge in [0.25, 0.3) is 0 Å². The minimum absolute atomic E-state index is 0.0966. The summed E-state index contributed by atoms with van der Waals surface area (Å²) in [5, 5.41) is 3.81. The van der Waals surface area contributed by atoms with E-state index in [1.165, 1.54) is 11.8 Å². The number of amides is 1. The topological polar surface area (TPSA) is 99.6 Å². The zero-order chi connectivity index (χ0) is 21.8. The summed E-state index contributed by atoms with van der Waals surface area (Å²) in [5.41, 5.74) is 13.8. The monoisotopic (exact) mass is 471 g/mol. The molecule has 0 aliphatic heterocycles. The van der Waals surface area contributed by atoms with Crippen molar-refractivity contribution in [2.75, 3.05) is 51.0 Å². The summed E-state index contributed by atoms with van der Waals surface area (Å²) in [5.74, 6) is 0.141. The fraction of sp³-hybridized carbons (Fsp3) is 0.381. The summed E-state index contributed by atoms with van der Waals surface area (Å²) in [6.45, 7) is 2.80. The second-order valence-electron chi connectivity index (χ2n) is 6.35. The van der Waals surface area contributed by atoms with Crippen LogP contribution < -0.4 is 16.8 Å². The Kier molecular flexibility index (Phi) is 11.4. The molecule has 2 rings (SSSR count). The SMILES string of the molecule is NCCOCCOCCNC(=O)CSC(c1cc(Cl)ccc1N)c1ccccc1Cl. The number of carbonyl (C=O) groups is 1. The van der Waals surface area contributed by atoms with Crippen molar-refractivity contribution in [3.63, 3.8) is 0 Å². The van der Waals surface area contributed by atoms with Gasteiger partial charge in [-0.1, -0.05) is 41.4 Å². The Bertz CT molecular complexity index is 811. The van der Waals surface area contributed by atoms with Gasteiger partial charge >= 0.3 is 0 Å². The van der Waals surface area contributed by atoms with Gasteiger partial charge < -0.3 is 26.3 Å². The number of halogens is 2. The van der Waals surface area contributed by atoms with Crippen LogP contribution in [0, 0.1) is 0 Å². The van der Waals surface area contributed by atoms with Crippen LogP contribution >= 0.6 is 35.0 Å². The van der Waals surface area contributed by atoms with Crippen molar-refractivity contribution >= 4 is 46.6 Å². The first kappa shape index (κ1) is 24.8. The number of thioether (sulfide) groups is 1. The Hall–Kier alpha value is -1.48. The lowest BCUT2D eigenvalue weighted by Crippen LogP contribution is -2.29. The first-order valence-corrected chi connectivity index (χ1v) is 11.4. The molecular formula is C21H27Cl2N3O3S. The highest BCUT2D eigenvalue weighted by Crippen LogP contribution is 2.42. The quantitative estimate of drug-likeness (QED) is 0.305. The van der Waals surface area contributed by atoms with Crippen molar-refractivity contribution in [2.45, 2.75) is 5.25 Å². The van der Waals surface area contributed by atoms with Crippen molar-refractivity contribution in [3.05, 3.63) is 63.6 Å². The number of nitrogen functional groups attached to an aromatic ring is 1. The molecule has 0 fully saturated rings. The third-order valence-electron chi connectivity index (χ3n) is 4.10. The molecule has 0 saturated heterocycles. The number of hydrogen-bond acceptors (Lipinski definition) is 6. The van der Waals surface area contributed by atoms with E-state index in [-0.39, 0.29) is 16.9 Å². The van der Waals surface area contributed by atoms with Crippen LogP contribution in [0.5, 0.6) is 0 Å². The van der Waals surface area contributed by atoms with E-state index in [0.717, 1.165) is 11.1 Å². The fourth-order valence-corrected chi connectivity index (χ4v) is 4.36. The Morgan fingerprint density at radius 2 is 1.77 bits per heavy atom. The number of benzene rings is 2. The lowest BCUT2D eigenvalue weighted by molar-refractivity contribution is -0.118. The summed E-state index contributed by atoms with van der Waals surface area (Å²) in [7, 11) is 0. The fourth-order valence-electron chi connectivity index (χ4n) is 2.69. The zero-order valence-corrected chi connectivity index (χ0v) is 18.9. The summed E-state index contributed by atoms with van der Waals surface area (Å²) >= 11 is 14.0. The van der Waals surface area contributed by atoms with E-state index in [1.54, 1.807) is 12.1 Å². The van der Waals surface area contributed by atoms with Gasteiger partial charge in [-0.2, -0.15) is 0 Å². The Morgan fingerprint density at radius 3 is 2.50 bits per heavy atom. The van der Waals surface area contributed by atoms with Crippen LogP contribution in [0.15, 0.2) is 42.5 Å². The maximum absolute atomic E-state index is 12.3. The van der Waals surface area contributed by atoms with Crippen LogP contribution in [-0.2, 0) is 14.3 Å². The molecule has 0 bridgehead atoms. The van der Waals surface area contributed by atoms with Gasteiger partial charge in [-0.3, -0.25) is 4.79 Å². The maximum atomic E-state index is 12.3. The molecule has 9 heteroatoms. The van der Waals surface area contributed by atoms with E-state index >= 15 is 0 Å². The Morgan fingerprint density at radius 1 is 1.03 bits per heavy atom. The molecule has 30 heavy (non-hydrogen) atoms. The molecule has 2 aromatic rings. The van der Waals surface area contributed by atoms with Crippen LogP contribution in [-0.4, -0.2) is 51.2 Å². The van der Waals surface area contributed by atoms with E-state index in [9.17, 15) is 4.79 Å². The molecule has 0 aliphatic carbocycles. The average molecular weight is 472 g/mol. The predicted molar refractivity (Wildman–Crippen MR) is 125 cm³/mol. The highest BCUT2D eigenvalue weighted by Gasteiger charge is 2.21. The van der Waals surface area contributed by atoms with Gasteiger partial charge in [0.15, 0.2) is 0 Å². The predicted octanol–water partition coefficient (Wildman–Crippen LogP) is 3.51. The molecular weight excluding hydrogens is 445 g/mol. The van der Waals surface area contributed by atoms with Crippen molar-refractivity contribution in [3.8, 4) is 0 Å². The van der Waals surface area contributed by atoms with Gasteiger partial charge in [0.2, 0.25) is 5.91 Å². The molecule has 0 spiro atoms. The molecule has 6 nitrogen and oxygen atoms in total. The third-order valence-corrected chi connectivity index (χ3v) is 5.95. The first-order valence-electron chi connectivity index (χ1n) is 9.56. The minimum atomic E-state index is -0.223. The molecule has 5 N–H and O–H groups in total.